The molecule has 1 amide bonds. The lowest BCUT2D eigenvalue weighted by molar-refractivity contribution is -0.173. The molecule has 168 valence electrons. The maximum Gasteiger partial charge on any atom is 0.410 e. The number of fused-ring (bicyclic) bond motifs is 1. The molecule has 2 heterocycles. The van der Waals surface area contributed by atoms with E-state index >= 15 is 0 Å². The zero-order valence-corrected chi connectivity index (χ0v) is 17.3. The van der Waals surface area contributed by atoms with Crippen LogP contribution in [0, 0.1) is 0 Å². The van der Waals surface area contributed by atoms with Crippen molar-refractivity contribution in [1.82, 2.24) is 9.78 Å². The SMILES string of the molecule is COc1ccc(NC(=O)c2cnn3c2N[C@H](c2ccccc2)C[C@H]3C(F)(F)F)cc1OC. The molecule has 1 aliphatic rings. The quantitative estimate of drug-likeness (QED) is 0.588. The first-order chi connectivity index (χ1) is 15.3. The predicted molar refractivity (Wildman–Crippen MR) is 112 cm³/mol. The van der Waals surface area contributed by atoms with Gasteiger partial charge in [-0.05, 0) is 17.7 Å². The molecule has 0 radical (unpaired) electrons. The molecule has 4 rings (SSSR count). The molecule has 1 aliphatic heterocycles. The summed E-state index contributed by atoms with van der Waals surface area (Å²) >= 11 is 0. The average Bonchev–Trinajstić information content (AvgIpc) is 3.22. The number of alkyl halides is 3. The highest BCUT2D eigenvalue weighted by Gasteiger charge is 2.47. The fourth-order valence-corrected chi connectivity index (χ4v) is 3.75. The smallest absolute Gasteiger partial charge is 0.410 e. The molecule has 2 N–H and O–H groups in total. The topological polar surface area (TPSA) is 77.4 Å². The van der Waals surface area contributed by atoms with Crippen molar-refractivity contribution in [3.8, 4) is 11.5 Å². The molecule has 10 heteroatoms. The molecule has 32 heavy (non-hydrogen) atoms. The minimum Gasteiger partial charge on any atom is -0.493 e. The number of carbonyl (C=O) groups excluding carboxylic acids is 1. The zero-order valence-electron chi connectivity index (χ0n) is 17.3. The monoisotopic (exact) mass is 446 g/mol. The molecule has 2 aromatic carbocycles. The summed E-state index contributed by atoms with van der Waals surface area (Å²) in [5.41, 5.74) is 1.10. The number of aromatic nitrogens is 2. The van der Waals surface area contributed by atoms with Gasteiger partial charge in [-0.2, -0.15) is 18.3 Å². The summed E-state index contributed by atoms with van der Waals surface area (Å²) in [6.07, 6.45) is -3.61. The number of anilines is 2. The number of carbonyl (C=O) groups is 1. The van der Waals surface area contributed by atoms with Crippen molar-refractivity contribution in [1.29, 1.82) is 0 Å². The van der Waals surface area contributed by atoms with Crippen LogP contribution in [0.25, 0.3) is 0 Å². The maximum absolute atomic E-state index is 13.8. The average molecular weight is 446 g/mol. The first-order valence-corrected chi connectivity index (χ1v) is 9.81. The van der Waals surface area contributed by atoms with Gasteiger partial charge in [0.2, 0.25) is 0 Å². The third-order valence-corrected chi connectivity index (χ3v) is 5.33. The highest BCUT2D eigenvalue weighted by Crippen LogP contribution is 2.44. The third-order valence-electron chi connectivity index (χ3n) is 5.33. The molecule has 0 spiro atoms. The molecule has 2 atom stereocenters. The van der Waals surface area contributed by atoms with E-state index in [-0.39, 0.29) is 17.8 Å². The number of nitrogens with zero attached hydrogens (tertiary/aromatic N) is 2. The molecule has 0 bridgehead atoms. The van der Waals surface area contributed by atoms with E-state index in [1.807, 2.05) is 0 Å². The molecule has 0 saturated heterocycles. The summed E-state index contributed by atoms with van der Waals surface area (Å²) in [5, 5.41) is 9.63. The van der Waals surface area contributed by atoms with Crippen molar-refractivity contribution in [3.05, 3.63) is 65.9 Å². The van der Waals surface area contributed by atoms with Gasteiger partial charge < -0.3 is 20.1 Å². The normalized spacial score (nSPS) is 17.8. The van der Waals surface area contributed by atoms with Gasteiger partial charge in [-0.15, -0.1) is 0 Å². The number of hydrogen-bond donors (Lipinski definition) is 2. The standard InChI is InChI=1S/C22H21F3N4O3/c1-31-17-9-8-14(10-18(17)32-2)27-21(30)15-12-26-29-19(22(23,24)25)11-16(28-20(15)29)13-6-4-3-5-7-13/h3-10,12,16,19,28H,11H2,1-2H3,(H,27,30)/t16-,19-/m0/s1. The van der Waals surface area contributed by atoms with Crippen LogP contribution >= 0.6 is 0 Å². The highest BCUT2D eigenvalue weighted by molar-refractivity contribution is 6.07. The van der Waals surface area contributed by atoms with E-state index in [1.165, 1.54) is 14.2 Å². The van der Waals surface area contributed by atoms with Crippen molar-refractivity contribution in [3.63, 3.8) is 0 Å². The van der Waals surface area contributed by atoms with Crippen LogP contribution in [0.2, 0.25) is 0 Å². The Morgan fingerprint density at radius 2 is 1.84 bits per heavy atom. The van der Waals surface area contributed by atoms with E-state index in [0.717, 1.165) is 10.9 Å². The Morgan fingerprint density at radius 3 is 2.50 bits per heavy atom. The Kier molecular flexibility index (Phi) is 5.68. The summed E-state index contributed by atoms with van der Waals surface area (Å²) in [7, 11) is 2.95. The summed E-state index contributed by atoms with van der Waals surface area (Å²) in [4.78, 5) is 12.9. The first-order valence-electron chi connectivity index (χ1n) is 9.81. The number of benzene rings is 2. The van der Waals surface area contributed by atoms with Crippen molar-refractivity contribution in [2.24, 2.45) is 0 Å². The van der Waals surface area contributed by atoms with Crippen LogP contribution in [0.5, 0.6) is 11.5 Å². The van der Waals surface area contributed by atoms with E-state index in [1.54, 1.807) is 48.5 Å². The van der Waals surface area contributed by atoms with Crippen LogP contribution in [0.4, 0.5) is 24.7 Å². The van der Waals surface area contributed by atoms with E-state index in [2.05, 4.69) is 15.7 Å². The Bertz CT molecular complexity index is 1120. The second-order valence-electron chi connectivity index (χ2n) is 7.28. The number of ether oxygens (including phenoxy) is 2. The van der Waals surface area contributed by atoms with Crippen LogP contribution in [-0.4, -0.2) is 36.1 Å². The molecule has 0 aliphatic carbocycles. The largest absolute Gasteiger partial charge is 0.493 e. The Labute approximate surface area is 182 Å². The Morgan fingerprint density at radius 1 is 1.12 bits per heavy atom. The van der Waals surface area contributed by atoms with Gasteiger partial charge in [0.15, 0.2) is 17.5 Å². The van der Waals surface area contributed by atoms with Crippen molar-refractivity contribution < 1.29 is 27.4 Å². The summed E-state index contributed by atoms with van der Waals surface area (Å²) in [5.74, 6) is 0.307. The van der Waals surface area contributed by atoms with Gasteiger partial charge in [-0.25, -0.2) is 4.68 Å². The fourth-order valence-electron chi connectivity index (χ4n) is 3.75. The molecule has 7 nitrogen and oxygen atoms in total. The van der Waals surface area contributed by atoms with Gasteiger partial charge in [0, 0.05) is 18.2 Å². The van der Waals surface area contributed by atoms with Crippen LogP contribution in [0.3, 0.4) is 0 Å². The summed E-state index contributed by atoms with van der Waals surface area (Å²) < 4.78 is 52.7. The van der Waals surface area contributed by atoms with Crippen LogP contribution in [-0.2, 0) is 0 Å². The third kappa shape index (κ3) is 4.08. The zero-order chi connectivity index (χ0) is 22.9. The Hall–Kier alpha value is -3.69. The van der Waals surface area contributed by atoms with E-state index in [9.17, 15) is 18.0 Å². The number of methoxy groups -OCH3 is 2. The van der Waals surface area contributed by atoms with E-state index in [4.69, 9.17) is 9.47 Å². The van der Waals surface area contributed by atoms with Crippen molar-refractivity contribution >= 4 is 17.4 Å². The lowest BCUT2D eigenvalue weighted by Crippen LogP contribution is -2.36. The summed E-state index contributed by atoms with van der Waals surface area (Å²) in [6.45, 7) is 0. The lowest BCUT2D eigenvalue weighted by Gasteiger charge is -2.34. The minimum atomic E-state index is -4.52. The molecule has 0 fully saturated rings. The van der Waals surface area contributed by atoms with Gasteiger partial charge in [-0.3, -0.25) is 4.79 Å². The molecule has 0 unspecified atom stereocenters. The van der Waals surface area contributed by atoms with Crippen LogP contribution < -0.4 is 20.1 Å². The second kappa shape index (κ2) is 8.45. The van der Waals surface area contributed by atoms with E-state index in [0.29, 0.717) is 22.7 Å². The maximum atomic E-state index is 13.8. The first kappa shape index (κ1) is 21.5. The number of amides is 1. The number of nitrogens with one attached hydrogen (secondary N) is 2. The Balaban J connectivity index is 1.66. The van der Waals surface area contributed by atoms with E-state index < -0.39 is 24.2 Å². The van der Waals surface area contributed by atoms with Gasteiger partial charge in [0.05, 0.1) is 26.5 Å². The lowest BCUT2D eigenvalue weighted by atomic mass is 9.96. The molecular weight excluding hydrogens is 425 g/mol. The number of hydrogen-bond acceptors (Lipinski definition) is 5. The molecular formula is C22H21F3N4O3. The van der Waals surface area contributed by atoms with Crippen LogP contribution in [0.15, 0.2) is 54.7 Å². The van der Waals surface area contributed by atoms with Gasteiger partial charge in [0.25, 0.3) is 5.91 Å². The fraction of sp³-hybridized carbons (Fsp3) is 0.273. The van der Waals surface area contributed by atoms with Gasteiger partial charge >= 0.3 is 6.18 Å². The predicted octanol–water partition coefficient (Wildman–Crippen LogP) is 4.81. The minimum absolute atomic E-state index is 0.00895. The molecule has 3 aromatic rings. The number of halogens is 3. The highest BCUT2D eigenvalue weighted by atomic mass is 19.4. The molecule has 0 saturated carbocycles. The number of rotatable bonds is 5. The van der Waals surface area contributed by atoms with Crippen LogP contribution in [0.1, 0.15) is 34.4 Å². The molecule has 1 aromatic heterocycles. The van der Waals surface area contributed by atoms with Gasteiger partial charge in [0.1, 0.15) is 11.4 Å². The van der Waals surface area contributed by atoms with Crippen molar-refractivity contribution in [2.75, 3.05) is 24.9 Å². The van der Waals surface area contributed by atoms with Crippen molar-refractivity contribution in [2.45, 2.75) is 24.7 Å². The summed E-state index contributed by atoms with van der Waals surface area (Å²) in [6, 6.07) is 11.1. The van der Waals surface area contributed by atoms with Gasteiger partial charge in [-0.1, -0.05) is 30.3 Å². The second-order valence-corrected chi connectivity index (χ2v) is 7.28.